The minimum absolute atomic E-state index is 0.179. The molecule has 6 heteroatoms. The number of esters is 1. The summed E-state index contributed by atoms with van der Waals surface area (Å²) in [6, 6.07) is 8.59. The molecule has 1 aromatic carbocycles. The van der Waals surface area contributed by atoms with Crippen LogP contribution in [0.4, 0.5) is 5.69 Å². The SMILES string of the molecule is CCOC(=O)[C@H]1CCCN([C@H](C)C(=O)Nc2ccccc2C#N)C1. The molecule has 24 heavy (non-hydrogen) atoms. The Morgan fingerprint density at radius 2 is 2.21 bits per heavy atom. The number of rotatable bonds is 5. The highest BCUT2D eigenvalue weighted by Gasteiger charge is 2.31. The zero-order chi connectivity index (χ0) is 17.5. The number of carbonyl (C=O) groups excluding carboxylic acids is 2. The van der Waals surface area contributed by atoms with Gasteiger partial charge in [-0.15, -0.1) is 0 Å². The molecule has 2 rings (SSSR count). The maximum Gasteiger partial charge on any atom is 0.310 e. The molecule has 2 atom stereocenters. The highest BCUT2D eigenvalue weighted by atomic mass is 16.5. The van der Waals surface area contributed by atoms with Crippen LogP contribution in [0, 0.1) is 17.2 Å². The van der Waals surface area contributed by atoms with Crippen molar-refractivity contribution < 1.29 is 14.3 Å². The predicted octanol–water partition coefficient (Wildman–Crippen LogP) is 2.16. The summed E-state index contributed by atoms with van der Waals surface area (Å²) in [5.74, 6) is -0.549. The number of piperidine rings is 1. The number of amides is 1. The second-order valence-corrected chi connectivity index (χ2v) is 5.91. The van der Waals surface area contributed by atoms with Crippen LogP contribution in [0.3, 0.4) is 0 Å². The van der Waals surface area contributed by atoms with Crippen LogP contribution in [0.1, 0.15) is 32.3 Å². The summed E-state index contributed by atoms with van der Waals surface area (Å²) in [6.45, 7) is 5.27. The number of hydrogen-bond acceptors (Lipinski definition) is 5. The van der Waals surface area contributed by atoms with E-state index in [1.54, 1.807) is 31.2 Å². The summed E-state index contributed by atoms with van der Waals surface area (Å²) < 4.78 is 5.09. The van der Waals surface area contributed by atoms with Gasteiger partial charge in [-0.25, -0.2) is 0 Å². The molecule has 1 saturated heterocycles. The molecule has 128 valence electrons. The third-order valence-electron chi connectivity index (χ3n) is 4.31. The molecule has 6 nitrogen and oxygen atoms in total. The molecule has 0 radical (unpaired) electrons. The minimum Gasteiger partial charge on any atom is -0.466 e. The second-order valence-electron chi connectivity index (χ2n) is 5.91. The maximum absolute atomic E-state index is 12.5. The molecule has 1 N–H and O–H groups in total. The van der Waals surface area contributed by atoms with Crippen molar-refractivity contribution in [2.45, 2.75) is 32.7 Å². The Kier molecular flexibility index (Phi) is 6.33. The van der Waals surface area contributed by atoms with Crippen molar-refractivity contribution in [2.75, 3.05) is 25.0 Å². The molecule has 0 aromatic heterocycles. The van der Waals surface area contributed by atoms with Gasteiger partial charge in [-0.1, -0.05) is 12.1 Å². The van der Waals surface area contributed by atoms with Gasteiger partial charge in [0.05, 0.1) is 29.8 Å². The summed E-state index contributed by atoms with van der Waals surface area (Å²) in [7, 11) is 0. The number of anilines is 1. The first kappa shape index (κ1) is 18.0. The van der Waals surface area contributed by atoms with Crippen LogP contribution in [0.2, 0.25) is 0 Å². The fraction of sp³-hybridized carbons (Fsp3) is 0.500. The van der Waals surface area contributed by atoms with E-state index in [2.05, 4.69) is 11.4 Å². The Balaban J connectivity index is 2.00. The standard InChI is InChI=1S/C18H23N3O3/c1-3-24-18(23)15-8-6-10-21(12-15)13(2)17(22)20-16-9-5-4-7-14(16)11-19/h4-5,7,9,13,15H,3,6,8,10,12H2,1-2H3,(H,20,22)/t13-,15+/m1/s1. The molecule has 0 spiro atoms. The monoisotopic (exact) mass is 329 g/mol. The van der Waals surface area contributed by atoms with E-state index in [1.807, 2.05) is 11.8 Å². The molecular formula is C18H23N3O3. The lowest BCUT2D eigenvalue weighted by Crippen LogP contribution is -2.48. The molecule has 0 aliphatic carbocycles. The van der Waals surface area contributed by atoms with E-state index in [4.69, 9.17) is 10.00 Å². The van der Waals surface area contributed by atoms with Crippen molar-refractivity contribution in [1.29, 1.82) is 5.26 Å². The minimum atomic E-state index is -0.381. The number of likely N-dealkylation sites (tertiary alicyclic amines) is 1. The number of ether oxygens (including phenoxy) is 1. The second kappa shape index (κ2) is 8.46. The van der Waals surface area contributed by atoms with E-state index in [0.717, 1.165) is 19.4 Å². The lowest BCUT2D eigenvalue weighted by molar-refractivity contribution is -0.150. The Morgan fingerprint density at radius 1 is 1.46 bits per heavy atom. The Morgan fingerprint density at radius 3 is 2.92 bits per heavy atom. The number of hydrogen-bond donors (Lipinski definition) is 1. The first-order valence-electron chi connectivity index (χ1n) is 8.27. The molecular weight excluding hydrogens is 306 g/mol. The van der Waals surface area contributed by atoms with Crippen LogP contribution in [0.5, 0.6) is 0 Å². The first-order chi connectivity index (χ1) is 11.6. The van der Waals surface area contributed by atoms with Gasteiger partial charge >= 0.3 is 5.97 Å². The van der Waals surface area contributed by atoms with Gasteiger partial charge in [0.15, 0.2) is 0 Å². The Bertz CT molecular complexity index is 639. The van der Waals surface area contributed by atoms with Crippen LogP contribution in [0.25, 0.3) is 0 Å². The number of nitrogens with one attached hydrogen (secondary N) is 1. The largest absolute Gasteiger partial charge is 0.466 e. The van der Waals surface area contributed by atoms with Gasteiger partial charge in [-0.05, 0) is 45.4 Å². The van der Waals surface area contributed by atoms with Crippen molar-refractivity contribution in [3.05, 3.63) is 29.8 Å². The first-order valence-corrected chi connectivity index (χ1v) is 8.27. The van der Waals surface area contributed by atoms with E-state index in [0.29, 0.717) is 24.4 Å². The fourth-order valence-electron chi connectivity index (χ4n) is 2.90. The van der Waals surface area contributed by atoms with E-state index in [1.165, 1.54) is 0 Å². The third-order valence-corrected chi connectivity index (χ3v) is 4.31. The van der Waals surface area contributed by atoms with Gasteiger partial charge in [-0.3, -0.25) is 14.5 Å². The van der Waals surface area contributed by atoms with Gasteiger partial charge in [0.2, 0.25) is 5.91 Å². The number of para-hydroxylation sites is 1. The summed E-state index contributed by atoms with van der Waals surface area (Å²) in [5, 5.41) is 11.9. The van der Waals surface area contributed by atoms with Crippen molar-refractivity contribution in [2.24, 2.45) is 5.92 Å². The zero-order valence-corrected chi connectivity index (χ0v) is 14.1. The van der Waals surface area contributed by atoms with Gasteiger partial charge < -0.3 is 10.1 Å². The molecule has 1 amide bonds. The molecule has 0 unspecified atom stereocenters. The summed E-state index contributed by atoms with van der Waals surface area (Å²) >= 11 is 0. The Labute approximate surface area is 142 Å². The molecule has 0 bridgehead atoms. The normalized spacial score (nSPS) is 19.1. The summed E-state index contributed by atoms with van der Waals surface area (Å²) in [6.07, 6.45) is 1.65. The summed E-state index contributed by atoms with van der Waals surface area (Å²) in [5.41, 5.74) is 0.942. The highest BCUT2D eigenvalue weighted by molar-refractivity contribution is 5.95. The zero-order valence-electron chi connectivity index (χ0n) is 14.1. The molecule has 1 heterocycles. The van der Waals surface area contributed by atoms with Gasteiger partial charge in [0.1, 0.15) is 6.07 Å². The fourth-order valence-corrected chi connectivity index (χ4v) is 2.90. The number of carbonyl (C=O) groups is 2. The van der Waals surface area contributed by atoms with E-state index in [-0.39, 0.29) is 23.8 Å². The van der Waals surface area contributed by atoms with Gasteiger partial charge in [0.25, 0.3) is 0 Å². The number of nitriles is 1. The lowest BCUT2D eigenvalue weighted by Gasteiger charge is -2.35. The summed E-state index contributed by atoms with van der Waals surface area (Å²) in [4.78, 5) is 26.4. The molecule has 1 aliphatic rings. The third kappa shape index (κ3) is 4.33. The van der Waals surface area contributed by atoms with Gasteiger partial charge in [0, 0.05) is 6.54 Å². The van der Waals surface area contributed by atoms with Crippen LogP contribution < -0.4 is 5.32 Å². The smallest absolute Gasteiger partial charge is 0.310 e. The predicted molar refractivity (Wildman–Crippen MR) is 90.2 cm³/mol. The average Bonchev–Trinajstić information content (AvgIpc) is 2.61. The van der Waals surface area contributed by atoms with Crippen LogP contribution in [0.15, 0.2) is 24.3 Å². The van der Waals surface area contributed by atoms with Crippen LogP contribution in [-0.4, -0.2) is 42.5 Å². The molecule has 1 fully saturated rings. The van der Waals surface area contributed by atoms with Crippen LogP contribution >= 0.6 is 0 Å². The molecule has 1 aliphatic heterocycles. The van der Waals surface area contributed by atoms with Crippen LogP contribution in [-0.2, 0) is 14.3 Å². The van der Waals surface area contributed by atoms with Crippen molar-refractivity contribution in [3.8, 4) is 6.07 Å². The van der Waals surface area contributed by atoms with E-state index < -0.39 is 0 Å². The van der Waals surface area contributed by atoms with E-state index in [9.17, 15) is 9.59 Å². The van der Waals surface area contributed by atoms with Crippen molar-refractivity contribution >= 4 is 17.6 Å². The maximum atomic E-state index is 12.5. The van der Waals surface area contributed by atoms with Crippen molar-refractivity contribution in [3.63, 3.8) is 0 Å². The molecule has 1 aromatic rings. The molecule has 0 saturated carbocycles. The highest BCUT2D eigenvalue weighted by Crippen LogP contribution is 2.21. The number of nitrogens with zero attached hydrogens (tertiary/aromatic N) is 2. The lowest BCUT2D eigenvalue weighted by atomic mass is 9.97. The topological polar surface area (TPSA) is 82.4 Å². The van der Waals surface area contributed by atoms with Crippen molar-refractivity contribution in [1.82, 2.24) is 4.90 Å². The van der Waals surface area contributed by atoms with Gasteiger partial charge in [-0.2, -0.15) is 5.26 Å². The average molecular weight is 329 g/mol. The van der Waals surface area contributed by atoms with E-state index >= 15 is 0 Å². The Hall–Kier alpha value is -2.39. The quantitative estimate of drug-likeness (QED) is 0.837. The number of benzene rings is 1.